The van der Waals surface area contributed by atoms with Crippen molar-refractivity contribution in [2.45, 2.75) is 66.3 Å². The summed E-state index contributed by atoms with van der Waals surface area (Å²) in [7, 11) is 0. The van der Waals surface area contributed by atoms with Gasteiger partial charge in [0.2, 0.25) is 0 Å². The molecule has 3 aromatic carbocycles. The lowest BCUT2D eigenvalue weighted by Crippen LogP contribution is -2.35. The predicted octanol–water partition coefficient (Wildman–Crippen LogP) is 9.10. The van der Waals surface area contributed by atoms with Crippen LogP contribution in [0.1, 0.15) is 60.6 Å². The second-order valence-corrected chi connectivity index (χ2v) is 12.9. The van der Waals surface area contributed by atoms with Gasteiger partial charge in [-0.05, 0) is 87.1 Å². The second-order valence-electron chi connectivity index (χ2n) is 11.7. The molecule has 0 bridgehead atoms. The van der Waals surface area contributed by atoms with Gasteiger partial charge in [0.25, 0.3) is 0 Å². The average molecular weight is 677 g/mol. The first kappa shape index (κ1) is 33.3. The first-order chi connectivity index (χ1) is 21.1. The van der Waals surface area contributed by atoms with Crippen molar-refractivity contribution in [2.75, 3.05) is 11.9 Å². The van der Waals surface area contributed by atoms with Crippen molar-refractivity contribution in [3.8, 4) is 34.4 Å². The third-order valence-corrected chi connectivity index (χ3v) is 8.04. The Kier molecular flexibility index (Phi) is 11.7. The Morgan fingerprint density at radius 3 is 2.32 bits per heavy atom. The lowest BCUT2D eigenvalue weighted by molar-refractivity contribution is 0.286. The lowest BCUT2D eigenvalue weighted by atomic mass is 9.93. The van der Waals surface area contributed by atoms with Crippen LogP contribution in [0.2, 0.25) is 5.02 Å². The van der Waals surface area contributed by atoms with Crippen LogP contribution < -0.4 is 19.5 Å². The van der Waals surface area contributed by atoms with E-state index >= 15 is 0 Å². The van der Waals surface area contributed by atoms with Gasteiger partial charge < -0.3 is 19.5 Å². The number of hydrogen-bond acceptors (Lipinski definition) is 6. The number of pyridine rings is 1. The van der Waals surface area contributed by atoms with Gasteiger partial charge >= 0.3 is 0 Å². The minimum atomic E-state index is -0.0931. The highest BCUT2D eigenvalue weighted by molar-refractivity contribution is 9.09. The molecule has 0 radical (unpaired) electrons. The molecule has 0 aliphatic heterocycles. The summed E-state index contributed by atoms with van der Waals surface area (Å²) in [6.45, 7) is 12.4. The molecule has 0 aliphatic rings. The number of nitriles is 1. The van der Waals surface area contributed by atoms with Gasteiger partial charge in [-0.2, -0.15) is 5.26 Å². The Hall–Kier alpha value is -3.57. The van der Waals surface area contributed by atoms with Crippen LogP contribution in [0, 0.1) is 25.2 Å². The zero-order chi connectivity index (χ0) is 31.7. The molecule has 0 spiro atoms. The molecule has 8 heteroatoms. The highest BCUT2D eigenvalue weighted by Gasteiger charge is 2.17. The minimum Gasteiger partial charge on any atom is -0.493 e. The quantitative estimate of drug-likeness (QED) is 0.112. The van der Waals surface area contributed by atoms with E-state index in [9.17, 15) is 5.26 Å². The minimum absolute atomic E-state index is 0.0931. The lowest BCUT2D eigenvalue weighted by Gasteiger charge is -2.22. The van der Waals surface area contributed by atoms with Crippen LogP contribution in [-0.2, 0) is 19.8 Å². The number of benzene rings is 3. The monoisotopic (exact) mass is 675 g/mol. The number of alkyl halides is 1. The summed E-state index contributed by atoms with van der Waals surface area (Å²) >= 11 is 10.2. The van der Waals surface area contributed by atoms with Crippen molar-refractivity contribution >= 4 is 27.5 Å². The molecule has 0 saturated carbocycles. The van der Waals surface area contributed by atoms with Crippen molar-refractivity contribution in [1.82, 2.24) is 10.3 Å². The normalized spacial score (nSPS) is 11.2. The molecule has 0 saturated heterocycles. The van der Waals surface area contributed by atoms with Crippen LogP contribution >= 0.6 is 27.5 Å². The molecule has 0 atom stereocenters. The number of rotatable bonds is 13. The van der Waals surface area contributed by atoms with Crippen molar-refractivity contribution in [2.24, 2.45) is 0 Å². The van der Waals surface area contributed by atoms with Crippen LogP contribution in [-0.4, -0.2) is 22.5 Å². The third kappa shape index (κ3) is 8.98. The number of ether oxygens (including phenoxy) is 3. The fraction of sp³-hybridized carbons (Fsp3) is 0.333. The second kappa shape index (κ2) is 15.4. The number of halogens is 2. The maximum atomic E-state index is 9.25. The van der Waals surface area contributed by atoms with Crippen LogP contribution in [0.5, 0.6) is 17.2 Å². The Balaban J connectivity index is 1.57. The predicted molar refractivity (Wildman–Crippen MR) is 181 cm³/mol. The standard InChI is InChI=1S/C36H39BrClN3O3/c1-24-28(9-6-10-30(24)31-11-7-12-33(25(31)2)42-14-8-13-37)23-44-35-17-34(29(16-32(35)38)21-41-36(3,4)5)43-22-27-15-26(18-39)19-40-20-27/h6-7,9-12,15-17,19-20,41H,8,13-14,21-23H2,1-5H3. The molecule has 6 nitrogen and oxygen atoms in total. The van der Waals surface area contributed by atoms with E-state index in [1.165, 1.54) is 6.20 Å². The fourth-order valence-corrected chi connectivity index (χ4v) is 5.16. The van der Waals surface area contributed by atoms with Crippen LogP contribution in [0.3, 0.4) is 0 Å². The largest absolute Gasteiger partial charge is 0.493 e. The SMILES string of the molecule is Cc1c(COc2cc(OCc3cncc(C#N)c3)c(CNC(C)(C)C)cc2Cl)cccc1-c1cccc(OCCCBr)c1C. The van der Waals surface area contributed by atoms with Gasteiger partial charge in [-0.3, -0.25) is 4.98 Å². The van der Waals surface area contributed by atoms with Crippen molar-refractivity contribution in [3.05, 3.63) is 105 Å². The van der Waals surface area contributed by atoms with E-state index in [4.69, 9.17) is 25.8 Å². The highest BCUT2D eigenvalue weighted by Crippen LogP contribution is 2.36. The summed E-state index contributed by atoms with van der Waals surface area (Å²) in [5.74, 6) is 2.09. The molecule has 4 aromatic rings. The maximum Gasteiger partial charge on any atom is 0.142 e. The maximum absolute atomic E-state index is 9.25. The smallest absolute Gasteiger partial charge is 0.142 e. The van der Waals surface area contributed by atoms with E-state index in [0.717, 1.165) is 56.4 Å². The molecule has 1 N–H and O–H groups in total. The van der Waals surface area contributed by atoms with E-state index < -0.39 is 0 Å². The van der Waals surface area contributed by atoms with Crippen LogP contribution in [0.15, 0.2) is 67.0 Å². The first-order valence-electron chi connectivity index (χ1n) is 14.6. The summed E-state index contributed by atoms with van der Waals surface area (Å²) in [5, 5.41) is 14.2. The molecule has 1 aromatic heterocycles. The molecule has 0 fully saturated rings. The molecule has 4 rings (SSSR count). The molecular formula is C36H39BrClN3O3. The van der Waals surface area contributed by atoms with Gasteiger partial charge in [0.1, 0.15) is 36.5 Å². The third-order valence-electron chi connectivity index (χ3n) is 7.18. The summed E-state index contributed by atoms with van der Waals surface area (Å²) in [4.78, 5) is 4.15. The van der Waals surface area contributed by atoms with E-state index in [2.05, 4.69) is 91.2 Å². The molecule has 1 heterocycles. The van der Waals surface area contributed by atoms with E-state index in [1.54, 1.807) is 12.3 Å². The van der Waals surface area contributed by atoms with E-state index in [1.807, 2.05) is 24.3 Å². The van der Waals surface area contributed by atoms with Gasteiger partial charge in [0.15, 0.2) is 0 Å². The zero-order valence-corrected chi connectivity index (χ0v) is 28.3. The number of hydrogen-bond donors (Lipinski definition) is 1. The Morgan fingerprint density at radius 2 is 1.59 bits per heavy atom. The van der Waals surface area contributed by atoms with E-state index in [-0.39, 0.29) is 12.1 Å². The zero-order valence-electron chi connectivity index (χ0n) is 26.0. The Morgan fingerprint density at radius 1 is 0.864 bits per heavy atom. The topological polar surface area (TPSA) is 76.4 Å². The first-order valence-corrected chi connectivity index (χ1v) is 16.1. The summed E-state index contributed by atoms with van der Waals surface area (Å²) in [6, 6.07) is 20.1. The van der Waals surface area contributed by atoms with Crippen molar-refractivity contribution in [3.63, 3.8) is 0 Å². The summed E-state index contributed by atoms with van der Waals surface area (Å²) < 4.78 is 18.6. The molecular weight excluding hydrogens is 638 g/mol. The molecule has 230 valence electrons. The molecule has 44 heavy (non-hydrogen) atoms. The van der Waals surface area contributed by atoms with Gasteiger partial charge in [-0.1, -0.05) is 57.9 Å². The number of nitrogens with one attached hydrogen (secondary N) is 1. The Bertz CT molecular complexity index is 1630. The van der Waals surface area contributed by atoms with Crippen molar-refractivity contribution in [1.29, 1.82) is 5.26 Å². The summed E-state index contributed by atoms with van der Waals surface area (Å²) in [5.41, 5.74) is 7.70. The molecule has 0 aliphatic carbocycles. The van der Waals surface area contributed by atoms with Gasteiger partial charge in [-0.15, -0.1) is 0 Å². The highest BCUT2D eigenvalue weighted by atomic mass is 79.9. The fourth-order valence-electron chi connectivity index (χ4n) is 4.69. The number of nitrogens with zero attached hydrogens (tertiary/aromatic N) is 2. The van der Waals surface area contributed by atoms with Crippen LogP contribution in [0.4, 0.5) is 0 Å². The molecule has 0 unspecified atom stereocenters. The number of aromatic nitrogens is 1. The Labute approximate surface area is 274 Å². The average Bonchev–Trinajstić information content (AvgIpc) is 3.00. The van der Waals surface area contributed by atoms with Gasteiger partial charge in [-0.25, -0.2) is 0 Å². The molecule has 0 amide bonds. The van der Waals surface area contributed by atoms with Crippen molar-refractivity contribution < 1.29 is 14.2 Å². The van der Waals surface area contributed by atoms with Gasteiger partial charge in [0.05, 0.1) is 17.2 Å². The summed E-state index contributed by atoms with van der Waals surface area (Å²) in [6.07, 6.45) is 4.18. The van der Waals surface area contributed by atoms with E-state index in [0.29, 0.717) is 41.8 Å². The van der Waals surface area contributed by atoms with Gasteiger partial charge in [0, 0.05) is 47.0 Å². The van der Waals surface area contributed by atoms with Crippen LogP contribution in [0.25, 0.3) is 11.1 Å².